The summed E-state index contributed by atoms with van der Waals surface area (Å²) in [6.07, 6.45) is 18.5. The quantitative estimate of drug-likeness (QED) is 0.0721. The normalized spacial score (nSPS) is 18.9. The number of ether oxygens (including phenoxy) is 2. The summed E-state index contributed by atoms with van der Waals surface area (Å²) in [5, 5.41) is 12.8. The molecule has 1 unspecified atom stereocenters. The molecule has 1 aliphatic rings. The van der Waals surface area contributed by atoms with Crippen LogP contribution >= 0.6 is 0 Å². The van der Waals surface area contributed by atoms with Crippen molar-refractivity contribution in [2.75, 3.05) is 20.1 Å². The average molecular weight is 697 g/mol. The van der Waals surface area contributed by atoms with Gasteiger partial charge >= 0.3 is 0 Å². The molecule has 51 heavy (non-hydrogen) atoms. The van der Waals surface area contributed by atoms with Crippen molar-refractivity contribution in [3.63, 3.8) is 0 Å². The molecule has 0 spiro atoms. The van der Waals surface area contributed by atoms with Crippen LogP contribution in [0.2, 0.25) is 0 Å². The van der Waals surface area contributed by atoms with Crippen LogP contribution in [-0.2, 0) is 27.4 Å². The highest BCUT2D eigenvalue weighted by Gasteiger charge is 2.42. The van der Waals surface area contributed by atoms with Gasteiger partial charge in [-0.15, -0.1) is 6.58 Å². The zero-order valence-electron chi connectivity index (χ0n) is 31.4. The van der Waals surface area contributed by atoms with Crippen LogP contribution in [0.3, 0.4) is 0 Å². The van der Waals surface area contributed by atoms with E-state index in [0.717, 1.165) is 47.2 Å². The van der Waals surface area contributed by atoms with E-state index in [0.29, 0.717) is 19.5 Å². The maximum atomic E-state index is 12.6. The molecule has 1 aliphatic heterocycles. The second-order valence-corrected chi connectivity index (χ2v) is 14.4. The molecule has 6 heteroatoms. The number of carbonyl (C=O) groups is 1. The van der Waals surface area contributed by atoms with Gasteiger partial charge in [0.1, 0.15) is 0 Å². The first-order chi connectivity index (χ1) is 25.0. The van der Waals surface area contributed by atoms with Gasteiger partial charge in [0, 0.05) is 37.5 Å². The van der Waals surface area contributed by atoms with Gasteiger partial charge in [0.2, 0.25) is 5.91 Å². The molecule has 0 saturated carbocycles. The van der Waals surface area contributed by atoms with Gasteiger partial charge in [-0.1, -0.05) is 169 Å². The number of aliphatic hydroxyl groups is 1. The number of hydrogen-bond acceptors (Lipinski definition) is 5. The number of rotatable bonds is 24. The molecule has 1 fully saturated rings. The van der Waals surface area contributed by atoms with Crippen molar-refractivity contribution in [1.29, 1.82) is 0 Å². The van der Waals surface area contributed by atoms with Crippen molar-refractivity contribution in [3.8, 4) is 0 Å². The highest BCUT2D eigenvalue weighted by atomic mass is 16.7. The van der Waals surface area contributed by atoms with Crippen LogP contribution in [0.15, 0.2) is 91.5 Å². The van der Waals surface area contributed by atoms with E-state index in [1.807, 2.05) is 24.3 Å². The summed E-state index contributed by atoms with van der Waals surface area (Å²) in [5.41, 5.74) is 5.07. The molecule has 1 saturated heterocycles. The third-order valence-corrected chi connectivity index (χ3v) is 10.2. The van der Waals surface area contributed by atoms with Crippen LogP contribution in [0.4, 0.5) is 0 Å². The standard InChI is InChI=1S/C45H64N2O4/c1-4-6-7-8-9-10-11-12-13-14-15-16-20-23-42(49)46-33-36-24-30-40(31-25-36)45-50-41(34-47(3)32-5-2)43(38-21-18-17-19-22-38)44(51-45)39-28-26-37(35-48)27-29-39/h5,17-19,21-22,24-31,41,43-45,48H,2,4,6-16,20,23,32-35H2,1,3H3,(H,46,49)/t41-,43-,44+,45?/m1/s1. The highest BCUT2D eigenvalue weighted by molar-refractivity contribution is 5.75. The highest BCUT2D eigenvalue weighted by Crippen LogP contribution is 2.47. The second-order valence-electron chi connectivity index (χ2n) is 14.4. The van der Waals surface area contributed by atoms with E-state index in [-0.39, 0.29) is 30.6 Å². The fourth-order valence-electron chi connectivity index (χ4n) is 7.15. The number of unbranched alkanes of at least 4 members (excludes halogenated alkanes) is 12. The summed E-state index contributed by atoms with van der Waals surface area (Å²) >= 11 is 0. The molecule has 0 aromatic heterocycles. The Labute approximate surface area is 308 Å². The molecule has 1 heterocycles. The van der Waals surface area contributed by atoms with Crippen molar-refractivity contribution in [1.82, 2.24) is 10.2 Å². The number of benzene rings is 3. The van der Waals surface area contributed by atoms with E-state index < -0.39 is 6.29 Å². The Bertz CT molecular complexity index is 1380. The van der Waals surface area contributed by atoms with E-state index in [4.69, 9.17) is 9.47 Å². The summed E-state index contributed by atoms with van der Waals surface area (Å²) in [6, 6.07) is 26.7. The van der Waals surface area contributed by atoms with Gasteiger partial charge in [-0.2, -0.15) is 0 Å². The van der Waals surface area contributed by atoms with Gasteiger partial charge in [0.05, 0.1) is 18.8 Å². The topological polar surface area (TPSA) is 71.0 Å². The summed E-state index contributed by atoms with van der Waals surface area (Å²) in [4.78, 5) is 14.8. The second kappa shape index (κ2) is 23.3. The molecular formula is C45H64N2O4. The maximum Gasteiger partial charge on any atom is 0.220 e. The van der Waals surface area contributed by atoms with Crippen LogP contribution in [0.1, 0.15) is 143 Å². The van der Waals surface area contributed by atoms with Crippen molar-refractivity contribution in [2.24, 2.45) is 0 Å². The van der Waals surface area contributed by atoms with Gasteiger partial charge in [-0.3, -0.25) is 4.79 Å². The molecule has 6 nitrogen and oxygen atoms in total. The summed E-state index contributed by atoms with van der Waals surface area (Å²) in [5.74, 6) is 0.0775. The zero-order valence-corrected chi connectivity index (χ0v) is 31.4. The Morgan fingerprint density at radius 3 is 1.90 bits per heavy atom. The van der Waals surface area contributed by atoms with E-state index >= 15 is 0 Å². The summed E-state index contributed by atoms with van der Waals surface area (Å²) in [7, 11) is 2.09. The Hall–Kier alpha value is -3.29. The van der Waals surface area contributed by atoms with E-state index in [1.165, 1.54) is 70.6 Å². The number of aliphatic hydroxyl groups excluding tert-OH is 1. The van der Waals surface area contributed by atoms with Crippen molar-refractivity contribution in [2.45, 2.75) is 134 Å². The van der Waals surface area contributed by atoms with Crippen LogP contribution in [0.5, 0.6) is 0 Å². The molecule has 4 rings (SSSR count). The first kappa shape index (κ1) is 40.5. The molecule has 0 aliphatic carbocycles. The van der Waals surface area contributed by atoms with E-state index in [1.54, 1.807) is 0 Å². The molecule has 4 atom stereocenters. The molecule has 0 radical (unpaired) electrons. The Morgan fingerprint density at radius 1 is 0.745 bits per heavy atom. The number of nitrogens with one attached hydrogen (secondary N) is 1. The molecule has 1 amide bonds. The van der Waals surface area contributed by atoms with Gasteiger partial charge in [-0.05, 0) is 35.7 Å². The lowest BCUT2D eigenvalue weighted by Crippen LogP contribution is -2.43. The predicted octanol–water partition coefficient (Wildman–Crippen LogP) is 10.3. The van der Waals surface area contributed by atoms with E-state index in [9.17, 15) is 9.90 Å². The minimum absolute atomic E-state index is 0.000863. The molecule has 3 aromatic rings. The Balaban J connectivity index is 1.28. The summed E-state index contributed by atoms with van der Waals surface area (Å²) in [6.45, 7) is 8.18. The maximum absolute atomic E-state index is 12.6. The van der Waals surface area contributed by atoms with Crippen LogP contribution in [0, 0.1) is 0 Å². The first-order valence-corrected chi connectivity index (χ1v) is 19.7. The third-order valence-electron chi connectivity index (χ3n) is 10.2. The lowest BCUT2D eigenvalue weighted by atomic mass is 9.83. The minimum Gasteiger partial charge on any atom is -0.392 e. The number of carbonyl (C=O) groups excluding carboxylic acids is 1. The van der Waals surface area contributed by atoms with Crippen molar-refractivity contribution in [3.05, 3.63) is 119 Å². The predicted molar refractivity (Wildman–Crippen MR) is 209 cm³/mol. The Kier molecular flexibility index (Phi) is 18.5. The molecule has 2 N–H and O–H groups in total. The molecule has 3 aromatic carbocycles. The fourth-order valence-corrected chi connectivity index (χ4v) is 7.15. The smallest absolute Gasteiger partial charge is 0.220 e. The number of hydrogen-bond donors (Lipinski definition) is 2. The van der Waals surface area contributed by atoms with Gasteiger partial charge in [0.15, 0.2) is 6.29 Å². The largest absolute Gasteiger partial charge is 0.392 e. The first-order valence-electron chi connectivity index (χ1n) is 19.7. The Morgan fingerprint density at radius 2 is 1.31 bits per heavy atom. The monoisotopic (exact) mass is 696 g/mol. The minimum atomic E-state index is -0.561. The van der Waals surface area contributed by atoms with Crippen molar-refractivity contribution >= 4 is 5.91 Å². The lowest BCUT2D eigenvalue weighted by molar-refractivity contribution is -0.263. The van der Waals surface area contributed by atoms with Gasteiger partial charge < -0.3 is 24.8 Å². The van der Waals surface area contributed by atoms with Crippen molar-refractivity contribution < 1.29 is 19.4 Å². The van der Waals surface area contributed by atoms with E-state index in [2.05, 4.69) is 91.4 Å². The average Bonchev–Trinajstić information content (AvgIpc) is 3.16. The molecule has 0 bridgehead atoms. The fraction of sp³-hybridized carbons (Fsp3) is 0.533. The van der Waals surface area contributed by atoms with Gasteiger partial charge in [0.25, 0.3) is 0 Å². The number of nitrogens with zero attached hydrogens (tertiary/aromatic N) is 1. The number of amides is 1. The summed E-state index contributed by atoms with van der Waals surface area (Å²) < 4.78 is 13.6. The lowest BCUT2D eigenvalue weighted by Gasteiger charge is -2.44. The van der Waals surface area contributed by atoms with Crippen LogP contribution in [0.25, 0.3) is 0 Å². The SMILES string of the molecule is C=CCN(C)C[C@H]1OC(c2ccc(CNC(=O)CCCCCCCCCCCCCCC)cc2)O[C@@H](c2ccc(CO)cc2)[C@@H]1c1ccccc1. The molecule has 278 valence electrons. The van der Waals surface area contributed by atoms with Gasteiger partial charge in [-0.25, -0.2) is 0 Å². The number of likely N-dealkylation sites (N-methyl/N-ethyl adjacent to an activating group) is 1. The zero-order chi connectivity index (χ0) is 36.1. The van der Waals surface area contributed by atoms with Crippen LogP contribution < -0.4 is 5.32 Å². The third kappa shape index (κ3) is 14.0. The van der Waals surface area contributed by atoms with Crippen LogP contribution in [-0.4, -0.2) is 42.2 Å². The molecular weight excluding hydrogens is 633 g/mol.